The van der Waals surface area contributed by atoms with Crippen LogP contribution in [0.2, 0.25) is 0 Å². The molecule has 0 spiro atoms. The van der Waals surface area contributed by atoms with Gasteiger partial charge in [0.2, 0.25) is 0 Å². The number of rotatable bonds is 3. The Morgan fingerprint density at radius 3 is 2.75 bits per heavy atom. The number of ether oxygens (including phenoxy) is 1. The zero-order valence-electron chi connectivity index (χ0n) is 6.80. The Labute approximate surface area is 68.3 Å². The molecule has 1 aromatic rings. The summed E-state index contributed by atoms with van der Waals surface area (Å²) < 4.78 is 33.7. The quantitative estimate of drug-likeness (QED) is 0.708. The van der Waals surface area contributed by atoms with Crippen molar-refractivity contribution in [3.8, 4) is 5.88 Å². The molecule has 0 bridgehead atoms. The van der Waals surface area contributed by atoms with Gasteiger partial charge in [0.05, 0.1) is 0 Å². The molecule has 0 radical (unpaired) electrons. The van der Waals surface area contributed by atoms with Gasteiger partial charge >= 0.3 is 0 Å². The van der Waals surface area contributed by atoms with E-state index in [0.717, 1.165) is 6.92 Å². The molecule has 0 N–H and O–H groups in total. The van der Waals surface area contributed by atoms with Gasteiger partial charge < -0.3 is 9.26 Å². The van der Waals surface area contributed by atoms with Crippen molar-refractivity contribution in [1.29, 1.82) is 0 Å². The lowest BCUT2D eigenvalue weighted by molar-refractivity contribution is -0.0250. The first-order valence-corrected chi connectivity index (χ1v) is 3.41. The van der Waals surface area contributed by atoms with E-state index in [0.29, 0.717) is 5.76 Å². The van der Waals surface area contributed by atoms with Crippen molar-refractivity contribution in [2.75, 3.05) is 6.61 Å². The van der Waals surface area contributed by atoms with E-state index in [1.165, 1.54) is 6.07 Å². The van der Waals surface area contributed by atoms with Crippen LogP contribution in [0, 0.1) is 6.92 Å². The molecule has 0 aliphatic rings. The number of halogens is 2. The van der Waals surface area contributed by atoms with Gasteiger partial charge in [0, 0.05) is 13.0 Å². The Balaban J connectivity index is 2.44. The van der Waals surface area contributed by atoms with Crippen LogP contribution in [-0.4, -0.2) is 17.7 Å². The van der Waals surface area contributed by atoms with Crippen molar-refractivity contribution in [2.45, 2.75) is 19.8 Å². The maximum atomic E-state index is 12.2. The zero-order chi connectivity index (χ0) is 9.19. The van der Waals surface area contributed by atoms with E-state index in [1.54, 1.807) is 6.92 Å². The van der Waals surface area contributed by atoms with Crippen molar-refractivity contribution < 1.29 is 18.0 Å². The van der Waals surface area contributed by atoms with Crippen LogP contribution in [0.15, 0.2) is 10.6 Å². The second kappa shape index (κ2) is 3.08. The molecule has 0 aromatic carbocycles. The molecule has 0 amide bonds. The number of hydrogen-bond donors (Lipinski definition) is 0. The summed E-state index contributed by atoms with van der Waals surface area (Å²) >= 11 is 0. The van der Waals surface area contributed by atoms with Crippen molar-refractivity contribution in [3.05, 3.63) is 11.8 Å². The Morgan fingerprint density at radius 2 is 2.33 bits per heavy atom. The summed E-state index contributed by atoms with van der Waals surface area (Å²) in [5.74, 6) is -2.22. The third-order valence-corrected chi connectivity index (χ3v) is 1.08. The van der Waals surface area contributed by atoms with E-state index in [-0.39, 0.29) is 5.88 Å². The standard InChI is InChI=1S/C7H9F2NO2/c1-5-3-6(10-12-5)11-4-7(2,8)9/h3H,4H2,1-2H3. The molecule has 1 heterocycles. The van der Waals surface area contributed by atoms with Crippen LogP contribution in [0.5, 0.6) is 5.88 Å². The molecule has 0 aliphatic heterocycles. The molecule has 5 heteroatoms. The summed E-state index contributed by atoms with van der Waals surface area (Å²) in [5.41, 5.74) is 0. The van der Waals surface area contributed by atoms with Crippen LogP contribution in [0.3, 0.4) is 0 Å². The van der Waals surface area contributed by atoms with E-state index in [4.69, 9.17) is 0 Å². The lowest BCUT2D eigenvalue weighted by Crippen LogP contribution is -2.20. The third-order valence-electron chi connectivity index (χ3n) is 1.08. The van der Waals surface area contributed by atoms with E-state index in [1.807, 2.05) is 0 Å². The molecule has 0 saturated heterocycles. The van der Waals surface area contributed by atoms with Crippen LogP contribution in [0.25, 0.3) is 0 Å². The number of hydrogen-bond acceptors (Lipinski definition) is 3. The predicted octanol–water partition coefficient (Wildman–Crippen LogP) is 2.02. The van der Waals surface area contributed by atoms with Gasteiger partial charge in [-0.1, -0.05) is 0 Å². The molecule has 12 heavy (non-hydrogen) atoms. The highest BCUT2D eigenvalue weighted by atomic mass is 19.3. The first-order chi connectivity index (χ1) is 5.47. The van der Waals surface area contributed by atoms with E-state index < -0.39 is 12.5 Å². The van der Waals surface area contributed by atoms with E-state index in [2.05, 4.69) is 14.4 Å². The Hall–Kier alpha value is -1.13. The molecule has 0 saturated carbocycles. The van der Waals surface area contributed by atoms with E-state index >= 15 is 0 Å². The molecule has 0 atom stereocenters. The monoisotopic (exact) mass is 177 g/mol. The van der Waals surface area contributed by atoms with Gasteiger partial charge in [-0.3, -0.25) is 0 Å². The van der Waals surface area contributed by atoms with Crippen LogP contribution in [0.4, 0.5) is 8.78 Å². The van der Waals surface area contributed by atoms with Crippen LogP contribution >= 0.6 is 0 Å². The number of alkyl halides is 2. The van der Waals surface area contributed by atoms with Gasteiger partial charge in [-0.25, -0.2) is 8.78 Å². The minimum Gasteiger partial charge on any atom is -0.469 e. The number of aromatic nitrogens is 1. The normalized spacial score (nSPS) is 11.7. The average molecular weight is 177 g/mol. The SMILES string of the molecule is Cc1cc(OCC(C)(F)F)no1. The highest BCUT2D eigenvalue weighted by Crippen LogP contribution is 2.15. The van der Waals surface area contributed by atoms with Gasteiger partial charge in [-0.05, 0) is 12.1 Å². The first-order valence-electron chi connectivity index (χ1n) is 3.41. The highest BCUT2D eigenvalue weighted by Gasteiger charge is 2.22. The second-order valence-electron chi connectivity index (χ2n) is 2.63. The molecule has 1 rings (SSSR count). The minimum atomic E-state index is -2.84. The molecule has 0 fully saturated rings. The second-order valence-corrected chi connectivity index (χ2v) is 2.63. The fourth-order valence-electron chi connectivity index (χ4n) is 0.612. The Kier molecular flexibility index (Phi) is 2.30. The maximum absolute atomic E-state index is 12.2. The largest absolute Gasteiger partial charge is 0.469 e. The predicted molar refractivity (Wildman–Crippen MR) is 37.4 cm³/mol. The summed E-state index contributed by atoms with van der Waals surface area (Å²) in [6.45, 7) is 1.75. The van der Waals surface area contributed by atoms with Crippen molar-refractivity contribution in [3.63, 3.8) is 0 Å². The Morgan fingerprint density at radius 1 is 1.67 bits per heavy atom. The molecule has 68 valence electrons. The van der Waals surface area contributed by atoms with Gasteiger partial charge in [-0.15, -0.1) is 0 Å². The summed E-state index contributed by atoms with van der Waals surface area (Å²) in [4.78, 5) is 0. The van der Waals surface area contributed by atoms with Gasteiger partial charge in [0.1, 0.15) is 5.76 Å². The van der Waals surface area contributed by atoms with E-state index in [9.17, 15) is 8.78 Å². The zero-order valence-corrected chi connectivity index (χ0v) is 6.80. The Bertz CT molecular complexity index is 254. The van der Waals surface area contributed by atoms with Gasteiger partial charge in [0.15, 0.2) is 6.61 Å². The topological polar surface area (TPSA) is 35.3 Å². The number of nitrogens with zero attached hydrogens (tertiary/aromatic N) is 1. The maximum Gasteiger partial charge on any atom is 0.278 e. The highest BCUT2D eigenvalue weighted by molar-refractivity contribution is 5.09. The minimum absolute atomic E-state index is 0.0917. The van der Waals surface area contributed by atoms with Crippen molar-refractivity contribution in [1.82, 2.24) is 5.16 Å². The molecular formula is C7H9F2NO2. The molecule has 3 nitrogen and oxygen atoms in total. The lowest BCUT2D eigenvalue weighted by Gasteiger charge is -2.08. The van der Waals surface area contributed by atoms with Crippen LogP contribution in [0.1, 0.15) is 12.7 Å². The van der Waals surface area contributed by atoms with Gasteiger partial charge in [0.25, 0.3) is 11.8 Å². The summed E-state index contributed by atoms with van der Waals surface area (Å²) in [7, 11) is 0. The number of aryl methyl sites for hydroxylation is 1. The molecule has 0 aliphatic carbocycles. The fourth-order valence-corrected chi connectivity index (χ4v) is 0.612. The van der Waals surface area contributed by atoms with Crippen molar-refractivity contribution in [2.24, 2.45) is 0 Å². The summed E-state index contributed by atoms with van der Waals surface area (Å²) in [5, 5.41) is 3.39. The van der Waals surface area contributed by atoms with Crippen LogP contribution in [-0.2, 0) is 0 Å². The van der Waals surface area contributed by atoms with Crippen LogP contribution < -0.4 is 4.74 Å². The van der Waals surface area contributed by atoms with Crippen molar-refractivity contribution >= 4 is 0 Å². The summed E-state index contributed by atoms with van der Waals surface area (Å²) in [6, 6.07) is 1.45. The third kappa shape index (κ3) is 2.86. The smallest absolute Gasteiger partial charge is 0.278 e. The lowest BCUT2D eigenvalue weighted by atomic mass is 10.4. The molecule has 0 unspecified atom stereocenters. The first kappa shape index (κ1) is 8.96. The molecular weight excluding hydrogens is 168 g/mol. The average Bonchev–Trinajstić information content (AvgIpc) is 2.30. The molecule has 1 aromatic heterocycles. The fraction of sp³-hybridized carbons (Fsp3) is 0.571. The summed E-state index contributed by atoms with van der Waals surface area (Å²) in [6.07, 6.45) is 0. The van der Waals surface area contributed by atoms with Gasteiger partial charge in [-0.2, -0.15) is 0 Å².